The fourth-order valence-corrected chi connectivity index (χ4v) is 2.77. The quantitative estimate of drug-likeness (QED) is 0.815. The van der Waals surface area contributed by atoms with Crippen LogP contribution in [0.4, 0.5) is 5.69 Å². The third-order valence-corrected chi connectivity index (χ3v) is 4.05. The first-order chi connectivity index (χ1) is 7.34. The summed E-state index contributed by atoms with van der Waals surface area (Å²) in [6.07, 6.45) is 0. The zero-order valence-electron chi connectivity index (χ0n) is 9.84. The standard InChI is InChI=1S/C11H18N2O2S/c1-9(2)8-13(3)16(14,15)11-6-4-10(12)5-7-11/h4-7,9H,8,12H2,1-3H3. The Balaban J connectivity index is 2.97. The Hall–Kier alpha value is -1.07. The number of rotatable bonds is 4. The molecule has 0 aliphatic heterocycles. The van der Waals surface area contributed by atoms with Crippen LogP contribution in [0.2, 0.25) is 0 Å². The van der Waals surface area contributed by atoms with Gasteiger partial charge in [-0.2, -0.15) is 0 Å². The summed E-state index contributed by atoms with van der Waals surface area (Å²) in [6, 6.07) is 6.25. The second kappa shape index (κ2) is 4.84. The molecule has 0 saturated heterocycles. The maximum atomic E-state index is 12.1. The van der Waals surface area contributed by atoms with E-state index in [-0.39, 0.29) is 4.90 Å². The molecule has 0 aliphatic carbocycles. The van der Waals surface area contributed by atoms with E-state index in [9.17, 15) is 8.42 Å². The maximum absolute atomic E-state index is 12.1. The van der Waals surface area contributed by atoms with Crippen molar-refractivity contribution in [3.05, 3.63) is 24.3 Å². The Morgan fingerprint density at radius 1 is 1.25 bits per heavy atom. The predicted octanol–water partition coefficient (Wildman–Crippen LogP) is 1.55. The van der Waals surface area contributed by atoms with Crippen LogP contribution >= 0.6 is 0 Å². The Morgan fingerprint density at radius 2 is 1.75 bits per heavy atom. The summed E-state index contributed by atoms with van der Waals surface area (Å²) in [6.45, 7) is 4.47. The highest BCUT2D eigenvalue weighted by molar-refractivity contribution is 7.89. The van der Waals surface area contributed by atoms with Crippen LogP contribution in [0.15, 0.2) is 29.2 Å². The van der Waals surface area contributed by atoms with Gasteiger partial charge in [0, 0.05) is 19.3 Å². The molecule has 0 amide bonds. The van der Waals surface area contributed by atoms with Gasteiger partial charge in [0.15, 0.2) is 0 Å². The van der Waals surface area contributed by atoms with Gasteiger partial charge in [-0.25, -0.2) is 12.7 Å². The number of nitrogen functional groups attached to an aromatic ring is 1. The number of hydrogen-bond donors (Lipinski definition) is 1. The molecular weight excluding hydrogens is 224 g/mol. The molecule has 0 fully saturated rings. The molecule has 0 atom stereocenters. The Morgan fingerprint density at radius 3 is 2.19 bits per heavy atom. The van der Waals surface area contributed by atoms with Crippen LogP contribution < -0.4 is 5.73 Å². The number of nitrogens with zero attached hydrogens (tertiary/aromatic N) is 1. The maximum Gasteiger partial charge on any atom is 0.242 e. The van der Waals surface area contributed by atoms with Crippen LogP contribution in [0.25, 0.3) is 0 Å². The molecule has 2 N–H and O–H groups in total. The van der Waals surface area contributed by atoms with E-state index in [1.807, 2.05) is 13.8 Å². The summed E-state index contributed by atoms with van der Waals surface area (Å²) in [4.78, 5) is 0.282. The van der Waals surface area contributed by atoms with E-state index in [1.165, 1.54) is 16.4 Å². The fraction of sp³-hybridized carbons (Fsp3) is 0.455. The molecule has 1 rings (SSSR count). The van der Waals surface area contributed by atoms with Crippen molar-refractivity contribution >= 4 is 15.7 Å². The van der Waals surface area contributed by atoms with E-state index >= 15 is 0 Å². The molecule has 1 aromatic rings. The van der Waals surface area contributed by atoms with E-state index < -0.39 is 10.0 Å². The van der Waals surface area contributed by atoms with Gasteiger partial charge in [0.1, 0.15) is 0 Å². The summed E-state index contributed by atoms with van der Waals surface area (Å²) in [5.74, 6) is 0.300. The molecule has 0 bridgehead atoms. The van der Waals surface area contributed by atoms with Crippen molar-refractivity contribution in [2.45, 2.75) is 18.7 Å². The first kappa shape index (κ1) is 13.0. The Kier molecular flexibility index (Phi) is 3.93. The van der Waals surface area contributed by atoms with Gasteiger partial charge >= 0.3 is 0 Å². The minimum Gasteiger partial charge on any atom is -0.399 e. The van der Waals surface area contributed by atoms with Crippen LogP contribution in [-0.2, 0) is 10.0 Å². The molecule has 0 spiro atoms. The van der Waals surface area contributed by atoms with E-state index in [1.54, 1.807) is 19.2 Å². The zero-order valence-corrected chi connectivity index (χ0v) is 10.7. The van der Waals surface area contributed by atoms with Crippen molar-refractivity contribution in [3.8, 4) is 0 Å². The van der Waals surface area contributed by atoms with Gasteiger partial charge in [-0.3, -0.25) is 0 Å². The molecule has 0 saturated carbocycles. The number of sulfonamides is 1. The first-order valence-electron chi connectivity index (χ1n) is 5.16. The summed E-state index contributed by atoms with van der Waals surface area (Å²) in [5, 5.41) is 0. The highest BCUT2D eigenvalue weighted by atomic mass is 32.2. The van der Waals surface area contributed by atoms with Crippen molar-refractivity contribution in [1.29, 1.82) is 0 Å². The van der Waals surface area contributed by atoms with Crippen molar-refractivity contribution in [3.63, 3.8) is 0 Å². The number of hydrogen-bond acceptors (Lipinski definition) is 3. The molecule has 5 heteroatoms. The molecular formula is C11H18N2O2S. The van der Waals surface area contributed by atoms with Gasteiger partial charge in [-0.05, 0) is 30.2 Å². The Labute approximate surface area is 97.1 Å². The SMILES string of the molecule is CC(C)CN(C)S(=O)(=O)c1ccc(N)cc1. The topological polar surface area (TPSA) is 63.4 Å². The van der Waals surface area contributed by atoms with Crippen molar-refractivity contribution in [2.75, 3.05) is 19.3 Å². The van der Waals surface area contributed by atoms with E-state index in [2.05, 4.69) is 0 Å². The summed E-state index contributed by atoms with van der Waals surface area (Å²) < 4.78 is 25.5. The first-order valence-corrected chi connectivity index (χ1v) is 6.60. The lowest BCUT2D eigenvalue weighted by molar-refractivity contribution is 0.417. The highest BCUT2D eigenvalue weighted by Gasteiger charge is 2.20. The van der Waals surface area contributed by atoms with Crippen LogP contribution in [0, 0.1) is 5.92 Å². The monoisotopic (exact) mass is 242 g/mol. The van der Waals surface area contributed by atoms with Crippen LogP contribution in [0.5, 0.6) is 0 Å². The van der Waals surface area contributed by atoms with Crippen molar-refractivity contribution in [1.82, 2.24) is 4.31 Å². The second-order valence-electron chi connectivity index (χ2n) is 4.25. The normalized spacial score (nSPS) is 12.3. The minimum atomic E-state index is -3.37. The van der Waals surface area contributed by atoms with Crippen LogP contribution in [0.3, 0.4) is 0 Å². The smallest absolute Gasteiger partial charge is 0.242 e. The molecule has 0 aliphatic rings. The molecule has 0 heterocycles. The second-order valence-corrected chi connectivity index (χ2v) is 6.29. The number of benzene rings is 1. The van der Waals surface area contributed by atoms with Gasteiger partial charge < -0.3 is 5.73 Å². The lowest BCUT2D eigenvalue weighted by Crippen LogP contribution is -2.30. The predicted molar refractivity (Wildman–Crippen MR) is 65.5 cm³/mol. The fourth-order valence-electron chi connectivity index (χ4n) is 1.43. The average Bonchev–Trinajstić information content (AvgIpc) is 2.17. The molecule has 0 unspecified atom stereocenters. The van der Waals surface area contributed by atoms with E-state index in [4.69, 9.17) is 5.73 Å². The highest BCUT2D eigenvalue weighted by Crippen LogP contribution is 2.16. The summed E-state index contributed by atoms with van der Waals surface area (Å²) in [5.41, 5.74) is 6.08. The number of anilines is 1. The number of nitrogens with two attached hydrogens (primary N) is 1. The van der Waals surface area contributed by atoms with Crippen LogP contribution in [-0.4, -0.2) is 26.3 Å². The molecule has 4 nitrogen and oxygen atoms in total. The zero-order chi connectivity index (χ0) is 12.3. The van der Waals surface area contributed by atoms with Crippen LogP contribution in [0.1, 0.15) is 13.8 Å². The lowest BCUT2D eigenvalue weighted by atomic mass is 10.2. The largest absolute Gasteiger partial charge is 0.399 e. The third-order valence-electron chi connectivity index (χ3n) is 2.21. The summed E-state index contributed by atoms with van der Waals surface area (Å²) >= 11 is 0. The van der Waals surface area contributed by atoms with Crippen molar-refractivity contribution < 1.29 is 8.42 Å². The van der Waals surface area contributed by atoms with E-state index in [0.717, 1.165) is 0 Å². The average molecular weight is 242 g/mol. The molecule has 16 heavy (non-hydrogen) atoms. The van der Waals surface area contributed by atoms with Gasteiger partial charge in [-0.1, -0.05) is 13.8 Å². The third kappa shape index (κ3) is 2.96. The van der Waals surface area contributed by atoms with E-state index in [0.29, 0.717) is 18.2 Å². The Bertz CT molecular complexity index is 438. The lowest BCUT2D eigenvalue weighted by Gasteiger charge is -2.19. The molecule has 0 radical (unpaired) electrons. The van der Waals surface area contributed by atoms with Crippen molar-refractivity contribution in [2.24, 2.45) is 5.92 Å². The minimum absolute atomic E-state index is 0.282. The van der Waals surface area contributed by atoms with Gasteiger partial charge in [-0.15, -0.1) is 0 Å². The molecule has 90 valence electrons. The van der Waals surface area contributed by atoms with Gasteiger partial charge in [0.05, 0.1) is 4.90 Å². The molecule has 0 aromatic heterocycles. The van der Waals surface area contributed by atoms with Gasteiger partial charge in [0.2, 0.25) is 10.0 Å². The van der Waals surface area contributed by atoms with Gasteiger partial charge in [0.25, 0.3) is 0 Å². The molecule has 1 aromatic carbocycles. The summed E-state index contributed by atoms with van der Waals surface area (Å²) in [7, 11) is -1.78.